The Kier molecular flexibility index (Phi) is 9.43. The van der Waals surface area contributed by atoms with Crippen LogP contribution in [0, 0.1) is 0 Å². The minimum Gasteiger partial charge on any atom is -0.307 e. The van der Waals surface area contributed by atoms with Gasteiger partial charge in [0.25, 0.3) is 0 Å². The topological polar surface area (TPSA) is 48.5 Å². The lowest BCUT2D eigenvalue weighted by Crippen LogP contribution is -2.07. The molecule has 3 heterocycles. The molecule has 10 aromatic carbocycles. The Balaban J connectivity index is 1.06. The van der Waals surface area contributed by atoms with Gasteiger partial charge in [0.2, 0.25) is 5.95 Å². The maximum absolute atomic E-state index is 5.45. The fourth-order valence-electron chi connectivity index (χ4n) is 9.90. The molecule has 13 aromatic rings. The van der Waals surface area contributed by atoms with E-state index in [0.717, 1.165) is 82.9 Å². The lowest BCUT2D eigenvalue weighted by molar-refractivity contribution is 0.953. The van der Waals surface area contributed by atoms with Gasteiger partial charge in [-0.1, -0.05) is 218 Å². The fourth-order valence-corrected chi connectivity index (χ4v) is 9.90. The zero-order valence-corrected chi connectivity index (χ0v) is 36.9. The van der Waals surface area contributed by atoms with Crippen molar-refractivity contribution in [1.82, 2.24) is 24.1 Å². The zero-order valence-electron chi connectivity index (χ0n) is 36.9. The minimum absolute atomic E-state index is 0.546. The largest absolute Gasteiger partial charge is 0.307 e. The van der Waals surface area contributed by atoms with Crippen LogP contribution in [0.15, 0.2) is 249 Å². The Bertz CT molecular complexity index is 3970. The van der Waals surface area contributed by atoms with Crippen molar-refractivity contribution in [2.75, 3.05) is 0 Å². The van der Waals surface area contributed by atoms with Crippen molar-refractivity contribution in [1.29, 1.82) is 0 Å². The number of hydrogen-bond acceptors (Lipinski definition) is 3. The molecule has 0 N–H and O–H groups in total. The molecular weight excluding hydrogens is 827 g/mol. The van der Waals surface area contributed by atoms with Gasteiger partial charge in [0, 0.05) is 38.4 Å². The predicted octanol–water partition coefficient (Wildman–Crippen LogP) is 16.1. The van der Waals surface area contributed by atoms with Gasteiger partial charge in [-0.25, -0.2) is 4.98 Å². The third-order valence-corrected chi connectivity index (χ3v) is 13.2. The smallest absolute Gasteiger partial charge is 0.238 e. The van der Waals surface area contributed by atoms with Gasteiger partial charge in [-0.05, 0) is 74.8 Å². The number of nitrogens with zero attached hydrogens (tertiary/aromatic N) is 5. The first-order chi connectivity index (χ1) is 33.7. The van der Waals surface area contributed by atoms with Gasteiger partial charge >= 0.3 is 0 Å². The second-order valence-electron chi connectivity index (χ2n) is 17.2. The van der Waals surface area contributed by atoms with Crippen LogP contribution in [0.2, 0.25) is 0 Å². The van der Waals surface area contributed by atoms with E-state index in [9.17, 15) is 0 Å². The summed E-state index contributed by atoms with van der Waals surface area (Å²) in [5, 5.41) is 4.55. The molecule has 0 aliphatic rings. The number of benzene rings is 10. The lowest BCUT2D eigenvalue weighted by Gasteiger charge is -2.14. The monoisotopic (exact) mass is 867 g/mol. The molecule has 0 aliphatic heterocycles. The molecule has 318 valence electrons. The first-order valence-electron chi connectivity index (χ1n) is 23.0. The molecule has 0 fully saturated rings. The Morgan fingerprint density at radius 1 is 0.235 bits per heavy atom. The highest BCUT2D eigenvalue weighted by atomic mass is 15.2. The molecule has 0 spiro atoms. The summed E-state index contributed by atoms with van der Waals surface area (Å²) in [7, 11) is 0. The Morgan fingerprint density at radius 2 is 0.632 bits per heavy atom. The number of para-hydroxylation sites is 1. The first kappa shape index (κ1) is 39.2. The van der Waals surface area contributed by atoms with Gasteiger partial charge < -0.3 is 4.57 Å². The van der Waals surface area contributed by atoms with Crippen molar-refractivity contribution >= 4 is 43.6 Å². The van der Waals surface area contributed by atoms with E-state index >= 15 is 0 Å². The summed E-state index contributed by atoms with van der Waals surface area (Å²) in [6, 6.07) is 88.2. The van der Waals surface area contributed by atoms with Crippen molar-refractivity contribution < 1.29 is 0 Å². The molecule has 68 heavy (non-hydrogen) atoms. The normalized spacial score (nSPS) is 11.5. The van der Waals surface area contributed by atoms with E-state index in [1.54, 1.807) is 0 Å². The SMILES string of the molecule is c1ccc(-c2ccc(-c3ccc(-c4nc(-c5ccccc5)nc(-n5c6ccc(-c7ccccc7)cc6c6ccc7c8ccccc8n(-c8cccc(-c9ccccc9)c8)c7c65)n4)cc3)cc2)cc1. The summed E-state index contributed by atoms with van der Waals surface area (Å²) in [6.45, 7) is 0. The van der Waals surface area contributed by atoms with Gasteiger partial charge in [0.05, 0.1) is 22.1 Å². The molecule has 0 bridgehead atoms. The molecule has 3 aromatic heterocycles. The second kappa shape index (κ2) is 16.4. The highest BCUT2D eigenvalue weighted by Crippen LogP contribution is 2.43. The van der Waals surface area contributed by atoms with Crippen molar-refractivity contribution in [3.8, 4) is 78.9 Å². The van der Waals surface area contributed by atoms with Crippen LogP contribution in [0.4, 0.5) is 0 Å². The summed E-state index contributed by atoms with van der Waals surface area (Å²) >= 11 is 0. The summed E-state index contributed by atoms with van der Waals surface area (Å²) < 4.78 is 4.71. The van der Waals surface area contributed by atoms with E-state index in [1.165, 1.54) is 22.1 Å². The maximum atomic E-state index is 5.45. The van der Waals surface area contributed by atoms with E-state index in [0.29, 0.717) is 17.6 Å². The van der Waals surface area contributed by atoms with Crippen molar-refractivity contribution in [3.63, 3.8) is 0 Å². The van der Waals surface area contributed by atoms with Gasteiger partial charge in [-0.15, -0.1) is 0 Å². The molecular formula is C63H41N5. The average molecular weight is 868 g/mol. The van der Waals surface area contributed by atoms with Gasteiger partial charge in [-0.3, -0.25) is 4.57 Å². The van der Waals surface area contributed by atoms with E-state index in [4.69, 9.17) is 15.0 Å². The highest BCUT2D eigenvalue weighted by molar-refractivity contribution is 6.24. The standard InChI is InChI=1S/C63H41N5/c1-5-16-42(17-6-1)45-28-30-46(31-29-45)47-32-34-49(35-33-47)62-64-61(48-22-11-4-12-23-48)65-63(66-62)68-58-39-36-51(44-20-9-3-10-21-44)41-56(58)55-38-37-54-53-26-13-14-27-57(53)67(59(54)60(55)68)52-25-15-24-50(40-52)43-18-7-2-8-19-43/h1-41H. The average Bonchev–Trinajstić information content (AvgIpc) is 3.95. The van der Waals surface area contributed by atoms with Gasteiger partial charge in [0.15, 0.2) is 11.6 Å². The summed E-state index contributed by atoms with van der Waals surface area (Å²) in [4.78, 5) is 16.1. The predicted molar refractivity (Wildman–Crippen MR) is 281 cm³/mol. The van der Waals surface area contributed by atoms with Crippen molar-refractivity contribution in [2.24, 2.45) is 0 Å². The van der Waals surface area contributed by atoms with Crippen LogP contribution < -0.4 is 0 Å². The second-order valence-corrected chi connectivity index (χ2v) is 17.2. The Labute approximate surface area is 393 Å². The summed E-state index contributed by atoms with van der Waals surface area (Å²) in [5.41, 5.74) is 16.4. The van der Waals surface area contributed by atoms with Gasteiger partial charge in [0.1, 0.15) is 0 Å². The van der Waals surface area contributed by atoms with Crippen molar-refractivity contribution in [3.05, 3.63) is 249 Å². The third-order valence-electron chi connectivity index (χ3n) is 13.2. The zero-order chi connectivity index (χ0) is 45.0. The van der Waals surface area contributed by atoms with Crippen LogP contribution in [-0.4, -0.2) is 24.1 Å². The molecule has 5 heteroatoms. The number of hydrogen-bond donors (Lipinski definition) is 0. The van der Waals surface area contributed by atoms with Gasteiger partial charge in [-0.2, -0.15) is 9.97 Å². The molecule has 5 nitrogen and oxygen atoms in total. The van der Waals surface area contributed by atoms with E-state index in [1.807, 2.05) is 24.3 Å². The third kappa shape index (κ3) is 6.76. The van der Waals surface area contributed by atoms with Crippen LogP contribution in [0.3, 0.4) is 0 Å². The molecule has 0 radical (unpaired) electrons. The molecule has 0 aliphatic carbocycles. The van der Waals surface area contributed by atoms with Crippen LogP contribution in [0.5, 0.6) is 0 Å². The quantitative estimate of drug-likeness (QED) is 0.153. The van der Waals surface area contributed by atoms with Crippen LogP contribution in [0.25, 0.3) is 123 Å². The number of fused-ring (bicyclic) bond motifs is 7. The van der Waals surface area contributed by atoms with Crippen LogP contribution in [0.1, 0.15) is 0 Å². The lowest BCUT2D eigenvalue weighted by atomic mass is 9.99. The molecule has 0 saturated carbocycles. The summed E-state index contributed by atoms with van der Waals surface area (Å²) in [5.74, 6) is 1.74. The van der Waals surface area contributed by atoms with Crippen LogP contribution in [-0.2, 0) is 0 Å². The Morgan fingerprint density at radius 3 is 1.22 bits per heavy atom. The molecule has 13 rings (SSSR count). The van der Waals surface area contributed by atoms with E-state index in [-0.39, 0.29) is 0 Å². The molecule has 0 saturated heterocycles. The number of aromatic nitrogens is 5. The Hall–Kier alpha value is -9.19. The first-order valence-corrected chi connectivity index (χ1v) is 23.0. The maximum Gasteiger partial charge on any atom is 0.238 e. The number of rotatable bonds is 8. The van der Waals surface area contributed by atoms with Crippen LogP contribution >= 0.6 is 0 Å². The highest BCUT2D eigenvalue weighted by Gasteiger charge is 2.24. The van der Waals surface area contributed by atoms with E-state index in [2.05, 4.69) is 234 Å². The van der Waals surface area contributed by atoms with E-state index < -0.39 is 0 Å². The molecule has 0 unspecified atom stereocenters. The van der Waals surface area contributed by atoms with Crippen molar-refractivity contribution in [2.45, 2.75) is 0 Å². The molecule has 0 atom stereocenters. The fraction of sp³-hybridized carbons (Fsp3) is 0. The summed E-state index contributed by atoms with van der Waals surface area (Å²) in [6.07, 6.45) is 0. The minimum atomic E-state index is 0.546. The molecule has 0 amide bonds.